The zero-order chi connectivity index (χ0) is 11.1. The van der Waals surface area contributed by atoms with Gasteiger partial charge in [-0.2, -0.15) is 0 Å². The van der Waals surface area contributed by atoms with Gasteiger partial charge in [0.2, 0.25) is 0 Å². The first-order valence-corrected chi connectivity index (χ1v) is 5.86. The van der Waals surface area contributed by atoms with Gasteiger partial charge in [-0.25, -0.2) is 0 Å². The molecule has 0 aromatic carbocycles. The molecule has 0 saturated carbocycles. The number of rotatable bonds is 1. The topological polar surface area (TPSA) is 45.5 Å². The first-order valence-electron chi connectivity index (χ1n) is 5.86. The molecule has 1 amide bonds. The Morgan fingerprint density at radius 2 is 2.50 bits per heavy atom. The van der Waals surface area contributed by atoms with E-state index >= 15 is 0 Å². The molecule has 3 heterocycles. The smallest absolute Gasteiger partial charge is 0.290 e. The van der Waals surface area contributed by atoms with Gasteiger partial charge in [-0.1, -0.05) is 0 Å². The summed E-state index contributed by atoms with van der Waals surface area (Å²) in [5.74, 6) is 0.552. The van der Waals surface area contributed by atoms with Gasteiger partial charge in [0.05, 0.1) is 6.26 Å². The molecule has 2 fully saturated rings. The van der Waals surface area contributed by atoms with Crippen LogP contribution in [0.4, 0.5) is 0 Å². The lowest BCUT2D eigenvalue weighted by Crippen LogP contribution is -2.69. The molecule has 0 bridgehead atoms. The maximum Gasteiger partial charge on any atom is 0.290 e. The Hall–Kier alpha value is -1.29. The van der Waals surface area contributed by atoms with Gasteiger partial charge >= 0.3 is 0 Å². The number of likely N-dealkylation sites (tertiary alicyclic amines) is 1. The van der Waals surface area contributed by atoms with Gasteiger partial charge in [-0.05, 0) is 32.4 Å². The maximum atomic E-state index is 12.2. The number of piperidine rings is 1. The highest BCUT2D eigenvalue weighted by molar-refractivity contribution is 5.93. The van der Waals surface area contributed by atoms with Gasteiger partial charge in [-0.3, -0.25) is 4.79 Å². The van der Waals surface area contributed by atoms with E-state index in [9.17, 15) is 4.79 Å². The fourth-order valence-corrected chi connectivity index (χ4v) is 2.66. The lowest BCUT2D eigenvalue weighted by Gasteiger charge is -2.50. The van der Waals surface area contributed by atoms with Gasteiger partial charge < -0.3 is 14.6 Å². The van der Waals surface area contributed by atoms with Crippen LogP contribution in [0.25, 0.3) is 0 Å². The van der Waals surface area contributed by atoms with E-state index < -0.39 is 0 Å². The van der Waals surface area contributed by atoms with Crippen molar-refractivity contribution in [1.82, 2.24) is 10.2 Å². The molecule has 4 heteroatoms. The number of aryl methyl sites for hydroxylation is 1. The van der Waals surface area contributed by atoms with E-state index in [1.165, 1.54) is 0 Å². The number of nitrogens with one attached hydrogen (secondary N) is 1. The van der Waals surface area contributed by atoms with Gasteiger partial charge in [0, 0.05) is 24.2 Å². The van der Waals surface area contributed by atoms with Crippen LogP contribution in [0, 0.1) is 6.92 Å². The Balaban J connectivity index is 1.75. The van der Waals surface area contributed by atoms with Crippen molar-refractivity contribution in [2.24, 2.45) is 0 Å². The molecule has 0 aliphatic carbocycles. The van der Waals surface area contributed by atoms with Crippen LogP contribution in [0.2, 0.25) is 0 Å². The standard InChI is InChI=1S/C12H16N2O2/c1-8-4-6-16-11(8)12(15)14-7-9-10(14)3-2-5-13-9/h4,6,9-10,13H,2-3,5,7H2,1H3. The minimum atomic E-state index is 0.0486. The highest BCUT2D eigenvalue weighted by Gasteiger charge is 2.43. The summed E-state index contributed by atoms with van der Waals surface area (Å²) in [4.78, 5) is 14.1. The second-order valence-electron chi connectivity index (χ2n) is 4.66. The number of nitrogens with zero attached hydrogens (tertiary/aromatic N) is 1. The number of amides is 1. The van der Waals surface area contributed by atoms with E-state index in [4.69, 9.17) is 4.42 Å². The molecule has 2 unspecified atom stereocenters. The third-order valence-electron chi connectivity index (χ3n) is 3.66. The second kappa shape index (κ2) is 3.63. The van der Waals surface area contributed by atoms with Crippen LogP contribution in [-0.2, 0) is 0 Å². The molecular formula is C12H16N2O2. The molecule has 1 aromatic rings. The summed E-state index contributed by atoms with van der Waals surface area (Å²) in [6.07, 6.45) is 3.85. The van der Waals surface area contributed by atoms with Crippen LogP contribution in [0.15, 0.2) is 16.7 Å². The maximum absolute atomic E-state index is 12.2. The molecule has 1 aromatic heterocycles. The number of carbonyl (C=O) groups excluding carboxylic acids is 1. The van der Waals surface area contributed by atoms with Crippen molar-refractivity contribution in [2.75, 3.05) is 13.1 Å². The minimum Gasteiger partial charge on any atom is -0.459 e. The van der Waals surface area contributed by atoms with Crippen LogP contribution < -0.4 is 5.32 Å². The van der Waals surface area contributed by atoms with Crippen molar-refractivity contribution in [3.63, 3.8) is 0 Å². The first-order chi connectivity index (χ1) is 7.77. The van der Waals surface area contributed by atoms with Crippen molar-refractivity contribution < 1.29 is 9.21 Å². The predicted molar refractivity (Wildman–Crippen MR) is 59.3 cm³/mol. The van der Waals surface area contributed by atoms with E-state index in [0.717, 1.165) is 31.5 Å². The summed E-state index contributed by atoms with van der Waals surface area (Å²) in [7, 11) is 0. The fourth-order valence-electron chi connectivity index (χ4n) is 2.66. The summed E-state index contributed by atoms with van der Waals surface area (Å²) >= 11 is 0. The van der Waals surface area contributed by atoms with Gasteiger partial charge in [0.15, 0.2) is 5.76 Å². The average molecular weight is 220 g/mol. The minimum absolute atomic E-state index is 0.0486. The number of hydrogen-bond donors (Lipinski definition) is 1. The Morgan fingerprint density at radius 3 is 3.19 bits per heavy atom. The Morgan fingerprint density at radius 1 is 1.62 bits per heavy atom. The fraction of sp³-hybridized carbons (Fsp3) is 0.583. The lowest BCUT2D eigenvalue weighted by molar-refractivity contribution is 0.0147. The molecule has 0 spiro atoms. The number of hydrogen-bond acceptors (Lipinski definition) is 3. The highest BCUT2D eigenvalue weighted by atomic mass is 16.3. The SMILES string of the molecule is Cc1ccoc1C(=O)N1CC2NCCCC21. The monoisotopic (exact) mass is 220 g/mol. The van der Waals surface area contributed by atoms with E-state index in [0.29, 0.717) is 17.8 Å². The molecule has 16 heavy (non-hydrogen) atoms. The molecule has 1 N–H and O–H groups in total. The normalized spacial score (nSPS) is 28.4. The number of carbonyl (C=O) groups is 1. The molecule has 4 nitrogen and oxygen atoms in total. The summed E-state index contributed by atoms with van der Waals surface area (Å²) in [5.41, 5.74) is 0.928. The van der Waals surface area contributed by atoms with E-state index in [-0.39, 0.29) is 5.91 Å². The second-order valence-corrected chi connectivity index (χ2v) is 4.66. The predicted octanol–water partition coefficient (Wildman–Crippen LogP) is 1.16. The molecule has 0 radical (unpaired) electrons. The summed E-state index contributed by atoms with van der Waals surface area (Å²) in [6, 6.07) is 2.72. The van der Waals surface area contributed by atoms with Gasteiger partial charge in [0.1, 0.15) is 0 Å². The molecule has 2 aliphatic rings. The number of fused-ring (bicyclic) bond motifs is 1. The van der Waals surface area contributed by atoms with E-state index in [1.807, 2.05) is 17.9 Å². The molecule has 2 atom stereocenters. The Bertz CT molecular complexity index is 413. The quantitative estimate of drug-likeness (QED) is 0.772. The third kappa shape index (κ3) is 1.37. The van der Waals surface area contributed by atoms with Crippen molar-refractivity contribution in [3.05, 3.63) is 23.7 Å². The molecule has 86 valence electrons. The van der Waals surface area contributed by atoms with Crippen LogP contribution in [0.1, 0.15) is 29.0 Å². The largest absolute Gasteiger partial charge is 0.459 e. The first kappa shape index (κ1) is 9.90. The van der Waals surface area contributed by atoms with Crippen molar-refractivity contribution in [3.8, 4) is 0 Å². The van der Waals surface area contributed by atoms with Crippen molar-refractivity contribution in [1.29, 1.82) is 0 Å². The van der Waals surface area contributed by atoms with E-state index in [1.54, 1.807) is 6.26 Å². The van der Waals surface area contributed by atoms with Crippen LogP contribution in [0.5, 0.6) is 0 Å². The summed E-state index contributed by atoms with van der Waals surface area (Å²) in [6.45, 7) is 3.82. The summed E-state index contributed by atoms with van der Waals surface area (Å²) in [5, 5.41) is 3.44. The van der Waals surface area contributed by atoms with Crippen LogP contribution in [0.3, 0.4) is 0 Å². The van der Waals surface area contributed by atoms with E-state index in [2.05, 4.69) is 5.32 Å². The molecule has 2 saturated heterocycles. The zero-order valence-corrected chi connectivity index (χ0v) is 9.40. The van der Waals surface area contributed by atoms with Crippen molar-refractivity contribution >= 4 is 5.91 Å². The molecule has 2 aliphatic heterocycles. The van der Waals surface area contributed by atoms with Crippen molar-refractivity contribution in [2.45, 2.75) is 31.8 Å². The third-order valence-corrected chi connectivity index (χ3v) is 3.66. The Kier molecular flexibility index (Phi) is 2.24. The summed E-state index contributed by atoms with van der Waals surface area (Å²) < 4.78 is 5.25. The van der Waals surface area contributed by atoms with Gasteiger partial charge in [0.25, 0.3) is 5.91 Å². The van der Waals surface area contributed by atoms with Gasteiger partial charge in [-0.15, -0.1) is 0 Å². The highest BCUT2D eigenvalue weighted by Crippen LogP contribution is 2.28. The number of furan rings is 1. The molecule has 3 rings (SSSR count). The Labute approximate surface area is 94.6 Å². The van der Waals surface area contributed by atoms with Crippen LogP contribution in [-0.4, -0.2) is 36.0 Å². The van der Waals surface area contributed by atoms with Crippen LogP contribution >= 0.6 is 0 Å². The zero-order valence-electron chi connectivity index (χ0n) is 9.40. The lowest BCUT2D eigenvalue weighted by atomic mass is 9.88. The molecular weight excluding hydrogens is 204 g/mol. The average Bonchev–Trinajstić information content (AvgIpc) is 2.66.